The van der Waals surface area contributed by atoms with Gasteiger partial charge in [-0.2, -0.15) is 0 Å². The number of hydrogen-bond donors (Lipinski definition) is 0. The fourth-order valence-corrected chi connectivity index (χ4v) is 4.58. The van der Waals surface area contributed by atoms with Crippen molar-refractivity contribution in [1.82, 2.24) is 14.5 Å². The van der Waals surface area contributed by atoms with Crippen molar-refractivity contribution in [2.24, 2.45) is 0 Å². The maximum atomic E-state index is 13.1. The smallest absolute Gasteiger partial charge is 0.266 e. The van der Waals surface area contributed by atoms with Crippen LogP contribution in [0.1, 0.15) is 12.0 Å². The Labute approximate surface area is 199 Å². The number of hydrogen-bond acceptors (Lipinski definition) is 5. The molecule has 0 saturated heterocycles. The summed E-state index contributed by atoms with van der Waals surface area (Å²) in [5.41, 5.74) is 2.03. The van der Waals surface area contributed by atoms with Gasteiger partial charge >= 0.3 is 0 Å². The van der Waals surface area contributed by atoms with Gasteiger partial charge < -0.3 is 9.30 Å². The number of imidazole rings is 1. The molecule has 0 aliphatic heterocycles. The lowest BCUT2D eigenvalue weighted by Crippen LogP contribution is -2.36. The second-order valence-corrected chi connectivity index (χ2v) is 8.83. The normalized spacial score (nSPS) is 10.6. The largest absolute Gasteiger partial charge is 0.484 e. The summed E-state index contributed by atoms with van der Waals surface area (Å²) in [6.45, 7) is 3.31. The van der Waals surface area contributed by atoms with Crippen molar-refractivity contribution in [1.29, 1.82) is 0 Å². The Morgan fingerprint density at radius 2 is 2.03 bits per heavy atom. The summed E-state index contributed by atoms with van der Waals surface area (Å²) in [5.74, 6) is 0.569. The number of rotatable bonds is 8. The van der Waals surface area contributed by atoms with Crippen molar-refractivity contribution < 1.29 is 9.53 Å². The lowest BCUT2D eigenvalue weighted by atomic mass is 10.2. The molecule has 2 heterocycles. The van der Waals surface area contributed by atoms with Crippen LogP contribution < -0.4 is 9.64 Å². The van der Waals surface area contributed by atoms with Crippen molar-refractivity contribution in [3.05, 3.63) is 71.2 Å². The molecular weight excluding hydrogens is 500 g/mol. The molecule has 0 spiro atoms. The molecule has 2 aromatic carbocycles. The van der Waals surface area contributed by atoms with Gasteiger partial charge in [-0.15, -0.1) is 12.4 Å². The predicted octanol–water partition coefficient (Wildman–Crippen LogP) is 5.49. The minimum absolute atomic E-state index is 0. The second kappa shape index (κ2) is 10.7. The number of nitrogens with zero attached hydrogens (tertiary/aromatic N) is 4. The van der Waals surface area contributed by atoms with Crippen LogP contribution in [0.15, 0.2) is 65.7 Å². The van der Waals surface area contributed by atoms with Crippen molar-refractivity contribution in [3.8, 4) is 5.75 Å². The number of aryl methyl sites for hydroxylation is 2. The molecule has 4 rings (SSSR count). The molecule has 0 bridgehead atoms. The SMILES string of the molecule is Cc1ccc(OCC(=O)N(CCCn2ccnc2)c2nc3ccc(Br)cc3s2)cc1.Cl. The first kappa shape index (κ1) is 23.2. The minimum atomic E-state index is -0.112. The molecule has 31 heavy (non-hydrogen) atoms. The Bertz CT molecular complexity index is 1130. The molecule has 2 aromatic heterocycles. The van der Waals surface area contributed by atoms with Gasteiger partial charge in [0.1, 0.15) is 5.75 Å². The van der Waals surface area contributed by atoms with E-state index in [-0.39, 0.29) is 24.9 Å². The molecule has 0 aliphatic carbocycles. The zero-order valence-corrected chi connectivity index (χ0v) is 20.1. The average molecular weight is 522 g/mol. The number of halogens is 2. The standard InChI is InChI=1S/C22H21BrN4O2S.ClH/c1-16-3-6-18(7-4-16)29-14-21(28)27(11-2-10-26-12-9-24-15-26)22-25-19-8-5-17(23)13-20(19)30-22;/h3-9,12-13,15H,2,10-11,14H2,1H3;1H. The summed E-state index contributed by atoms with van der Waals surface area (Å²) in [5, 5.41) is 0.686. The molecule has 0 atom stereocenters. The number of anilines is 1. The molecule has 9 heteroatoms. The second-order valence-electron chi connectivity index (χ2n) is 6.91. The molecule has 0 radical (unpaired) electrons. The van der Waals surface area contributed by atoms with Gasteiger partial charge in [-0.05, 0) is 43.7 Å². The molecule has 0 saturated carbocycles. The van der Waals surface area contributed by atoms with Crippen LogP contribution in [0.4, 0.5) is 5.13 Å². The highest BCUT2D eigenvalue weighted by atomic mass is 79.9. The number of aromatic nitrogens is 3. The van der Waals surface area contributed by atoms with E-state index >= 15 is 0 Å². The van der Waals surface area contributed by atoms with Gasteiger partial charge in [-0.25, -0.2) is 9.97 Å². The van der Waals surface area contributed by atoms with E-state index in [0.717, 1.165) is 33.2 Å². The maximum absolute atomic E-state index is 13.1. The zero-order valence-electron chi connectivity index (χ0n) is 16.9. The Balaban J connectivity index is 0.00000272. The molecule has 0 unspecified atom stereocenters. The van der Waals surface area contributed by atoms with E-state index in [9.17, 15) is 4.79 Å². The fourth-order valence-electron chi connectivity index (χ4n) is 3.02. The van der Waals surface area contributed by atoms with Crippen LogP contribution in [0.25, 0.3) is 10.2 Å². The third kappa shape index (κ3) is 6.06. The van der Waals surface area contributed by atoms with E-state index in [1.807, 2.05) is 60.2 Å². The lowest BCUT2D eigenvalue weighted by molar-refractivity contribution is -0.120. The molecule has 4 aromatic rings. The number of benzene rings is 2. The summed E-state index contributed by atoms with van der Waals surface area (Å²) in [7, 11) is 0. The van der Waals surface area contributed by atoms with Crippen LogP contribution in [-0.4, -0.2) is 33.6 Å². The number of carbonyl (C=O) groups excluding carboxylic acids is 1. The van der Waals surface area contributed by atoms with Crippen LogP contribution >= 0.6 is 39.7 Å². The Hall–Kier alpha value is -2.42. The van der Waals surface area contributed by atoms with Gasteiger partial charge in [0, 0.05) is 30.0 Å². The number of fused-ring (bicyclic) bond motifs is 1. The topological polar surface area (TPSA) is 60.2 Å². The van der Waals surface area contributed by atoms with Gasteiger partial charge in [0.2, 0.25) is 0 Å². The molecule has 1 amide bonds. The van der Waals surface area contributed by atoms with E-state index < -0.39 is 0 Å². The van der Waals surface area contributed by atoms with E-state index in [4.69, 9.17) is 4.74 Å². The van der Waals surface area contributed by atoms with E-state index in [2.05, 4.69) is 25.9 Å². The van der Waals surface area contributed by atoms with Gasteiger partial charge in [0.05, 0.1) is 16.5 Å². The van der Waals surface area contributed by atoms with Gasteiger partial charge in [0.25, 0.3) is 5.91 Å². The monoisotopic (exact) mass is 520 g/mol. The third-order valence-electron chi connectivity index (χ3n) is 4.61. The summed E-state index contributed by atoms with van der Waals surface area (Å²) in [4.78, 5) is 23.5. The van der Waals surface area contributed by atoms with Gasteiger partial charge in [0.15, 0.2) is 11.7 Å². The molecule has 0 N–H and O–H groups in total. The lowest BCUT2D eigenvalue weighted by Gasteiger charge is -2.20. The number of amides is 1. The average Bonchev–Trinajstić information content (AvgIpc) is 3.40. The minimum Gasteiger partial charge on any atom is -0.484 e. The first-order chi connectivity index (χ1) is 14.6. The van der Waals surface area contributed by atoms with Crippen molar-refractivity contribution in [3.63, 3.8) is 0 Å². The number of thiazole rings is 1. The number of ether oxygens (including phenoxy) is 1. The van der Waals surface area contributed by atoms with Gasteiger partial charge in [-0.1, -0.05) is 45.0 Å². The molecule has 0 aliphatic rings. The Kier molecular flexibility index (Phi) is 8.06. The summed E-state index contributed by atoms with van der Waals surface area (Å²) in [6, 6.07) is 13.6. The third-order valence-corrected chi connectivity index (χ3v) is 6.15. The Morgan fingerprint density at radius 3 is 2.77 bits per heavy atom. The first-order valence-electron chi connectivity index (χ1n) is 9.60. The summed E-state index contributed by atoms with van der Waals surface area (Å²) < 4.78 is 9.76. The van der Waals surface area contributed by atoms with E-state index in [1.165, 1.54) is 11.3 Å². The highest BCUT2D eigenvalue weighted by Crippen LogP contribution is 2.31. The molecule has 162 valence electrons. The van der Waals surface area contributed by atoms with Crippen LogP contribution in [0.3, 0.4) is 0 Å². The Morgan fingerprint density at radius 1 is 1.23 bits per heavy atom. The van der Waals surface area contributed by atoms with E-state index in [0.29, 0.717) is 17.4 Å². The summed E-state index contributed by atoms with van der Waals surface area (Å²) in [6.07, 6.45) is 6.24. The first-order valence-corrected chi connectivity index (χ1v) is 11.2. The van der Waals surface area contributed by atoms with Crippen molar-refractivity contribution >= 4 is 60.9 Å². The highest BCUT2D eigenvalue weighted by Gasteiger charge is 2.20. The summed E-state index contributed by atoms with van der Waals surface area (Å²) >= 11 is 5.01. The highest BCUT2D eigenvalue weighted by molar-refractivity contribution is 9.10. The van der Waals surface area contributed by atoms with Gasteiger partial charge in [-0.3, -0.25) is 9.69 Å². The molecule has 0 fully saturated rings. The quantitative estimate of drug-likeness (QED) is 0.308. The molecule has 6 nitrogen and oxygen atoms in total. The molecular formula is C22H22BrClN4O2S. The van der Waals surface area contributed by atoms with Crippen LogP contribution in [0.5, 0.6) is 5.75 Å². The maximum Gasteiger partial charge on any atom is 0.266 e. The zero-order chi connectivity index (χ0) is 20.9. The van der Waals surface area contributed by atoms with Crippen molar-refractivity contribution in [2.75, 3.05) is 18.1 Å². The number of carbonyl (C=O) groups is 1. The van der Waals surface area contributed by atoms with Crippen LogP contribution in [0.2, 0.25) is 0 Å². The fraction of sp³-hybridized carbons (Fsp3) is 0.227. The van der Waals surface area contributed by atoms with Crippen LogP contribution in [0, 0.1) is 6.92 Å². The van der Waals surface area contributed by atoms with Crippen molar-refractivity contribution in [2.45, 2.75) is 19.9 Å². The predicted molar refractivity (Wildman–Crippen MR) is 130 cm³/mol. The van der Waals surface area contributed by atoms with Crippen LogP contribution in [-0.2, 0) is 11.3 Å². The van der Waals surface area contributed by atoms with E-state index in [1.54, 1.807) is 17.4 Å².